The van der Waals surface area contributed by atoms with Crippen molar-refractivity contribution in [2.45, 2.75) is 12.3 Å². The lowest BCUT2D eigenvalue weighted by molar-refractivity contribution is -0.137. The van der Waals surface area contributed by atoms with Gasteiger partial charge < -0.3 is 20.1 Å². The number of alkyl halides is 3. The molecule has 2 N–H and O–H groups in total. The lowest BCUT2D eigenvalue weighted by Crippen LogP contribution is -2.52. The zero-order chi connectivity index (χ0) is 23.0. The van der Waals surface area contributed by atoms with E-state index in [4.69, 9.17) is 4.74 Å². The number of anilines is 1. The number of methoxy groups -OCH3 is 1. The van der Waals surface area contributed by atoms with E-state index in [2.05, 4.69) is 5.32 Å². The molecule has 8 nitrogen and oxygen atoms in total. The van der Waals surface area contributed by atoms with Crippen LogP contribution in [0.4, 0.5) is 18.9 Å². The Kier molecular flexibility index (Phi) is 9.23. The first-order chi connectivity index (χ1) is 14.6. The van der Waals surface area contributed by atoms with Gasteiger partial charge in [-0.2, -0.15) is 13.2 Å². The van der Waals surface area contributed by atoms with Crippen molar-refractivity contribution in [2.75, 3.05) is 71.9 Å². The minimum absolute atomic E-state index is 0.0582. The van der Waals surface area contributed by atoms with Crippen LogP contribution in [-0.4, -0.2) is 104 Å². The zero-order valence-corrected chi connectivity index (χ0v) is 17.7. The van der Waals surface area contributed by atoms with Gasteiger partial charge in [-0.1, -0.05) is 12.1 Å². The van der Waals surface area contributed by atoms with Crippen molar-refractivity contribution in [1.29, 1.82) is 0 Å². The summed E-state index contributed by atoms with van der Waals surface area (Å²) in [7, 11) is 3.22. The average Bonchev–Trinajstić information content (AvgIpc) is 2.68. The molecule has 174 valence electrons. The van der Waals surface area contributed by atoms with Crippen LogP contribution in [-0.2, 0) is 20.5 Å². The lowest BCUT2D eigenvalue weighted by atomic mass is 10.1. The fourth-order valence-corrected chi connectivity index (χ4v) is 3.39. The summed E-state index contributed by atoms with van der Waals surface area (Å²) < 4.78 is 44.0. The fourth-order valence-electron chi connectivity index (χ4n) is 3.39. The van der Waals surface area contributed by atoms with Crippen molar-refractivity contribution in [3.05, 3.63) is 29.8 Å². The van der Waals surface area contributed by atoms with Gasteiger partial charge in [0.1, 0.15) is 0 Å². The Bertz CT molecular complexity index is 739. The maximum atomic E-state index is 13.1. The molecule has 0 aliphatic carbocycles. The van der Waals surface area contributed by atoms with Gasteiger partial charge >= 0.3 is 6.18 Å². The second-order valence-electron chi connectivity index (χ2n) is 7.55. The third kappa shape index (κ3) is 8.09. The zero-order valence-electron chi connectivity index (χ0n) is 17.7. The van der Waals surface area contributed by atoms with Crippen LogP contribution in [0.3, 0.4) is 0 Å². The van der Waals surface area contributed by atoms with E-state index in [0.29, 0.717) is 32.7 Å². The summed E-state index contributed by atoms with van der Waals surface area (Å²) >= 11 is 0. The van der Waals surface area contributed by atoms with E-state index in [1.54, 1.807) is 21.7 Å². The Morgan fingerprint density at radius 1 is 1.23 bits per heavy atom. The third-order valence-electron chi connectivity index (χ3n) is 4.89. The SMILES string of the molecule is COC[C@@H](O)CN(C)CC(=O)N1CCN(CC(=O)Nc2ccccc2C(F)(F)F)CC1. The number of para-hydroxylation sites is 1. The van der Waals surface area contributed by atoms with Crippen molar-refractivity contribution >= 4 is 17.5 Å². The highest BCUT2D eigenvalue weighted by Crippen LogP contribution is 2.34. The molecule has 2 amide bonds. The summed E-state index contributed by atoms with van der Waals surface area (Å²) in [6.45, 7) is 2.30. The maximum absolute atomic E-state index is 13.1. The van der Waals surface area contributed by atoms with Crippen molar-refractivity contribution in [3.8, 4) is 0 Å². The first-order valence-electron chi connectivity index (χ1n) is 9.92. The highest BCUT2D eigenvalue weighted by atomic mass is 19.4. The van der Waals surface area contributed by atoms with Gasteiger partial charge in [0.25, 0.3) is 0 Å². The number of hydrogen-bond donors (Lipinski definition) is 2. The molecule has 0 aromatic heterocycles. The number of nitrogens with zero attached hydrogens (tertiary/aromatic N) is 3. The minimum atomic E-state index is -4.55. The number of carbonyl (C=O) groups is 2. The second-order valence-corrected chi connectivity index (χ2v) is 7.55. The molecule has 1 fully saturated rings. The molecular weight excluding hydrogens is 417 g/mol. The lowest BCUT2D eigenvalue weighted by Gasteiger charge is -2.35. The fraction of sp³-hybridized carbons (Fsp3) is 0.600. The molecular formula is C20H29F3N4O4. The largest absolute Gasteiger partial charge is 0.418 e. The number of benzene rings is 1. The summed E-state index contributed by atoms with van der Waals surface area (Å²) in [6, 6.07) is 4.84. The first kappa shape index (κ1) is 25.1. The summed E-state index contributed by atoms with van der Waals surface area (Å²) in [5.41, 5.74) is -1.16. The molecule has 0 bridgehead atoms. The normalized spacial score (nSPS) is 16.4. The minimum Gasteiger partial charge on any atom is -0.389 e. The van der Waals surface area contributed by atoms with E-state index < -0.39 is 23.8 Å². The Labute approximate surface area is 179 Å². The number of ether oxygens (including phenoxy) is 1. The maximum Gasteiger partial charge on any atom is 0.418 e. The number of aliphatic hydroxyl groups excluding tert-OH is 1. The Hall–Kier alpha value is -2.21. The molecule has 2 rings (SSSR count). The third-order valence-corrected chi connectivity index (χ3v) is 4.89. The number of likely N-dealkylation sites (N-methyl/N-ethyl adjacent to an activating group) is 1. The molecule has 0 spiro atoms. The highest BCUT2D eigenvalue weighted by molar-refractivity contribution is 5.93. The Morgan fingerprint density at radius 3 is 2.48 bits per heavy atom. The number of aliphatic hydroxyl groups is 1. The quantitative estimate of drug-likeness (QED) is 0.582. The number of halogens is 3. The van der Waals surface area contributed by atoms with Gasteiger partial charge in [-0.3, -0.25) is 19.4 Å². The number of carbonyl (C=O) groups excluding carboxylic acids is 2. The van der Waals surface area contributed by atoms with Crippen molar-refractivity contribution in [3.63, 3.8) is 0 Å². The molecule has 1 heterocycles. The van der Waals surface area contributed by atoms with Crippen LogP contribution in [0.15, 0.2) is 24.3 Å². The van der Waals surface area contributed by atoms with Crippen LogP contribution in [0.1, 0.15) is 5.56 Å². The topological polar surface area (TPSA) is 85.4 Å². The molecule has 0 saturated carbocycles. The van der Waals surface area contributed by atoms with Crippen LogP contribution < -0.4 is 5.32 Å². The van der Waals surface area contributed by atoms with Gasteiger partial charge in [-0.15, -0.1) is 0 Å². The van der Waals surface area contributed by atoms with E-state index in [0.717, 1.165) is 6.07 Å². The van der Waals surface area contributed by atoms with Crippen LogP contribution in [0.25, 0.3) is 0 Å². The second kappa shape index (κ2) is 11.4. The number of nitrogens with one attached hydrogen (secondary N) is 1. The van der Waals surface area contributed by atoms with E-state index in [1.807, 2.05) is 0 Å². The van der Waals surface area contributed by atoms with E-state index in [1.165, 1.54) is 25.3 Å². The summed E-state index contributed by atoms with van der Waals surface area (Å²) in [5, 5.41) is 12.1. The average molecular weight is 446 g/mol. The number of rotatable bonds is 9. The molecule has 1 aromatic carbocycles. The molecule has 0 radical (unpaired) electrons. The van der Waals surface area contributed by atoms with Gasteiger partial charge in [0.2, 0.25) is 11.8 Å². The highest BCUT2D eigenvalue weighted by Gasteiger charge is 2.33. The number of hydrogen-bond acceptors (Lipinski definition) is 6. The summed E-state index contributed by atoms with van der Waals surface area (Å²) in [5.74, 6) is -0.626. The van der Waals surface area contributed by atoms with Crippen molar-refractivity contribution in [2.24, 2.45) is 0 Å². The van der Waals surface area contributed by atoms with Gasteiger partial charge in [-0.05, 0) is 19.2 Å². The van der Waals surface area contributed by atoms with Crippen LogP contribution in [0.5, 0.6) is 0 Å². The smallest absolute Gasteiger partial charge is 0.389 e. The molecule has 1 aliphatic rings. The first-order valence-corrected chi connectivity index (χ1v) is 9.92. The van der Waals surface area contributed by atoms with Crippen LogP contribution >= 0.6 is 0 Å². The molecule has 1 aliphatic heterocycles. The predicted octanol–water partition coefficient (Wildman–Crippen LogP) is 0.727. The molecule has 1 aromatic rings. The molecule has 0 unspecified atom stereocenters. The van der Waals surface area contributed by atoms with Crippen molar-refractivity contribution < 1.29 is 32.6 Å². The number of piperazine rings is 1. The molecule has 31 heavy (non-hydrogen) atoms. The molecule has 1 atom stereocenters. The van der Waals surface area contributed by atoms with Gasteiger partial charge in [0.15, 0.2) is 0 Å². The Balaban J connectivity index is 1.78. The van der Waals surface area contributed by atoms with E-state index in [9.17, 15) is 27.9 Å². The Morgan fingerprint density at radius 2 is 1.87 bits per heavy atom. The molecule has 1 saturated heterocycles. The van der Waals surface area contributed by atoms with Gasteiger partial charge in [-0.25, -0.2) is 0 Å². The van der Waals surface area contributed by atoms with Gasteiger partial charge in [0.05, 0.1) is 37.1 Å². The standard InChI is InChI=1S/C20H29F3N4O4/c1-25(11-15(28)14-31-2)13-19(30)27-9-7-26(8-10-27)12-18(29)24-17-6-4-3-5-16(17)20(21,22)23/h3-6,15,28H,7-14H2,1-2H3,(H,24,29)/t15-/m0/s1. The van der Waals surface area contributed by atoms with Crippen LogP contribution in [0.2, 0.25) is 0 Å². The predicted molar refractivity (Wildman–Crippen MR) is 108 cm³/mol. The monoisotopic (exact) mass is 446 g/mol. The number of amides is 2. The van der Waals surface area contributed by atoms with E-state index in [-0.39, 0.29) is 31.3 Å². The summed E-state index contributed by atoms with van der Waals surface area (Å²) in [4.78, 5) is 29.8. The van der Waals surface area contributed by atoms with Crippen molar-refractivity contribution in [1.82, 2.24) is 14.7 Å². The van der Waals surface area contributed by atoms with Gasteiger partial charge in [0, 0.05) is 39.8 Å². The van der Waals surface area contributed by atoms with Crippen LogP contribution in [0, 0.1) is 0 Å². The summed E-state index contributed by atoms with van der Waals surface area (Å²) in [6.07, 6.45) is -5.23. The van der Waals surface area contributed by atoms with E-state index >= 15 is 0 Å². The molecule has 11 heteroatoms.